The molecule has 0 unspecified atom stereocenters. The molecular formula is C25H21N5. The molecule has 2 bridgehead atoms. The number of anilines is 1. The zero-order valence-electron chi connectivity index (χ0n) is 16.5. The van der Waals surface area contributed by atoms with Crippen molar-refractivity contribution in [1.29, 1.82) is 0 Å². The smallest absolute Gasteiger partial charge is 0.250 e. The first kappa shape index (κ1) is 16.3. The Hall–Kier alpha value is -3.47. The molecule has 1 saturated heterocycles. The summed E-state index contributed by atoms with van der Waals surface area (Å²) in [5.41, 5.74) is 7.08. The van der Waals surface area contributed by atoms with Crippen molar-refractivity contribution in [3.63, 3.8) is 0 Å². The Balaban J connectivity index is 1.33. The highest BCUT2D eigenvalue weighted by atomic mass is 15.6. The average Bonchev–Trinajstić information content (AvgIpc) is 3.47. The van der Waals surface area contributed by atoms with Crippen molar-refractivity contribution in [1.82, 2.24) is 20.2 Å². The fourth-order valence-electron chi connectivity index (χ4n) is 6.25. The third-order valence-corrected chi connectivity index (χ3v) is 7.34. The van der Waals surface area contributed by atoms with E-state index in [4.69, 9.17) is 0 Å². The van der Waals surface area contributed by atoms with E-state index in [1.165, 1.54) is 22.3 Å². The molecule has 4 aromatic rings. The van der Waals surface area contributed by atoms with E-state index in [1.54, 1.807) is 0 Å². The number of tetrazole rings is 1. The molecule has 3 aromatic carbocycles. The van der Waals surface area contributed by atoms with Gasteiger partial charge in [0.05, 0.1) is 5.69 Å². The van der Waals surface area contributed by atoms with E-state index in [1.807, 2.05) is 22.9 Å². The summed E-state index contributed by atoms with van der Waals surface area (Å²) in [4.78, 5) is 2.40. The van der Waals surface area contributed by atoms with Crippen LogP contribution in [0.1, 0.15) is 34.1 Å². The minimum absolute atomic E-state index is 0.457. The third-order valence-electron chi connectivity index (χ3n) is 7.34. The topological polar surface area (TPSA) is 46.8 Å². The number of nitrogens with zero attached hydrogens (tertiary/aromatic N) is 5. The predicted octanol–water partition coefficient (Wildman–Crippen LogP) is 4.01. The van der Waals surface area contributed by atoms with Crippen LogP contribution in [0.2, 0.25) is 0 Å². The van der Waals surface area contributed by atoms with Crippen LogP contribution >= 0.6 is 0 Å². The molecule has 8 rings (SSSR count). The molecule has 0 N–H and O–H groups in total. The molecular weight excluding hydrogens is 370 g/mol. The zero-order valence-corrected chi connectivity index (χ0v) is 16.5. The van der Waals surface area contributed by atoms with Gasteiger partial charge in [-0.2, -0.15) is 4.68 Å². The van der Waals surface area contributed by atoms with Crippen molar-refractivity contribution in [3.05, 3.63) is 101 Å². The van der Waals surface area contributed by atoms with Crippen LogP contribution in [0.4, 0.5) is 5.95 Å². The van der Waals surface area contributed by atoms with Crippen molar-refractivity contribution in [3.8, 4) is 5.69 Å². The Morgan fingerprint density at radius 3 is 1.67 bits per heavy atom. The fourth-order valence-corrected chi connectivity index (χ4v) is 6.25. The lowest BCUT2D eigenvalue weighted by Gasteiger charge is -2.47. The second-order valence-corrected chi connectivity index (χ2v) is 8.67. The second kappa shape index (κ2) is 6.02. The van der Waals surface area contributed by atoms with E-state index in [2.05, 4.69) is 81.1 Å². The SMILES string of the molecule is c1ccc(-n2nnnc2N2C[C@H]3C4c5ccccc5C(c5ccccc54)[C@@H]3C2)cc1. The molecule has 5 heteroatoms. The fraction of sp³-hybridized carbons (Fsp3) is 0.240. The van der Waals surface area contributed by atoms with Crippen LogP contribution in [0.15, 0.2) is 78.9 Å². The van der Waals surface area contributed by atoms with Crippen LogP contribution in [0.3, 0.4) is 0 Å². The lowest BCUT2D eigenvalue weighted by atomic mass is 9.55. The third kappa shape index (κ3) is 2.09. The maximum atomic E-state index is 4.43. The highest BCUT2D eigenvalue weighted by Gasteiger charge is 2.53. The summed E-state index contributed by atoms with van der Waals surface area (Å²) in [6.45, 7) is 1.98. The minimum Gasteiger partial charge on any atom is -0.339 e. The number of para-hydroxylation sites is 1. The van der Waals surface area contributed by atoms with E-state index in [0.717, 1.165) is 24.7 Å². The Kier molecular flexibility index (Phi) is 3.28. The van der Waals surface area contributed by atoms with Gasteiger partial charge in [0.25, 0.3) is 0 Å². The summed E-state index contributed by atoms with van der Waals surface area (Å²) >= 11 is 0. The number of rotatable bonds is 2. The molecule has 30 heavy (non-hydrogen) atoms. The molecule has 0 saturated carbocycles. The molecule has 5 nitrogen and oxygen atoms in total. The molecule has 0 spiro atoms. The summed E-state index contributed by atoms with van der Waals surface area (Å²) in [6, 6.07) is 28.3. The Morgan fingerprint density at radius 2 is 1.13 bits per heavy atom. The molecule has 0 radical (unpaired) electrons. The van der Waals surface area contributed by atoms with E-state index in [-0.39, 0.29) is 0 Å². The molecule has 1 aromatic heterocycles. The monoisotopic (exact) mass is 391 g/mol. The number of hydrogen-bond donors (Lipinski definition) is 0. The van der Waals surface area contributed by atoms with Crippen molar-refractivity contribution < 1.29 is 0 Å². The molecule has 0 amide bonds. The first-order valence-electron chi connectivity index (χ1n) is 10.7. The molecule has 4 aliphatic rings. The van der Waals surface area contributed by atoms with Crippen molar-refractivity contribution in [2.24, 2.45) is 11.8 Å². The summed E-state index contributed by atoms with van der Waals surface area (Å²) < 4.78 is 1.87. The molecule has 3 aliphatic carbocycles. The summed E-state index contributed by atoms with van der Waals surface area (Å²) in [5, 5.41) is 12.7. The maximum Gasteiger partial charge on any atom is 0.250 e. The van der Waals surface area contributed by atoms with Crippen LogP contribution < -0.4 is 4.90 Å². The second-order valence-electron chi connectivity index (χ2n) is 8.67. The first-order valence-corrected chi connectivity index (χ1v) is 10.7. The van der Waals surface area contributed by atoms with Gasteiger partial charge >= 0.3 is 0 Å². The Labute approximate surface area is 175 Å². The highest BCUT2D eigenvalue weighted by Crippen LogP contribution is 2.60. The van der Waals surface area contributed by atoms with Gasteiger partial charge < -0.3 is 4.90 Å². The van der Waals surface area contributed by atoms with Crippen LogP contribution in [0, 0.1) is 11.8 Å². The van der Waals surface area contributed by atoms with E-state index in [0.29, 0.717) is 23.7 Å². The summed E-state index contributed by atoms with van der Waals surface area (Å²) in [5.74, 6) is 2.93. The van der Waals surface area contributed by atoms with Gasteiger partial charge in [-0.25, -0.2) is 0 Å². The van der Waals surface area contributed by atoms with Crippen molar-refractivity contribution in [2.45, 2.75) is 11.8 Å². The predicted molar refractivity (Wildman–Crippen MR) is 115 cm³/mol. The lowest BCUT2D eigenvalue weighted by molar-refractivity contribution is 0.294. The Morgan fingerprint density at radius 1 is 0.633 bits per heavy atom. The van der Waals surface area contributed by atoms with Crippen LogP contribution in [0.5, 0.6) is 0 Å². The number of aromatic nitrogens is 4. The first-order chi connectivity index (χ1) is 14.9. The van der Waals surface area contributed by atoms with Crippen molar-refractivity contribution in [2.75, 3.05) is 18.0 Å². The minimum atomic E-state index is 0.457. The average molecular weight is 391 g/mol. The largest absolute Gasteiger partial charge is 0.339 e. The van der Waals surface area contributed by atoms with E-state index in [9.17, 15) is 0 Å². The van der Waals surface area contributed by atoms with Crippen molar-refractivity contribution >= 4 is 5.95 Å². The van der Waals surface area contributed by atoms with Gasteiger partial charge in [-0.15, -0.1) is 0 Å². The molecule has 146 valence electrons. The molecule has 2 heterocycles. The molecule has 2 atom stereocenters. The van der Waals surface area contributed by atoms with Gasteiger partial charge in [-0.05, 0) is 56.6 Å². The molecule has 1 fully saturated rings. The normalized spacial score (nSPS) is 25.7. The zero-order chi connectivity index (χ0) is 19.7. The van der Waals surface area contributed by atoms with E-state index >= 15 is 0 Å². The lowest BCUT2D eigenvalue weighted by Crippen LogP contribution is -2.39. The van der Waals surface area contributed by atoms with Gasteiger partial charge in [-0.1, -0.05) is 71.8 Å². The van der Waals surface area contributed by atoms with Crippen LogP contribution in [-0.2, 0) is 0 Å². The number of benzene rings is 3. The van der Waals surface area contributed by atoms with Gasteiger partial charge in [0.15, 0.2) is 0 Å². The van der Waals surface area contributed by atoms with Gasteiger partial charge in [0.2, 0.25) is 5.95 Å². The quantitative estimate of drug-likeness (QED) is 0.518. The highest BCUT2D eigenvalue weighted by molar-refractivity contribution is 5.58. The van der Waals surface area contributed by atoms with Gasteiger partial charge in [0.1, 0.15) is 0 Å². The molecule has 1 aliphatic heterocycles. The van der Waals surface area contributed by atoms with Gasteiger partial charge in [0, 0.05) is 24.9 Å². The summed E-state index contributed by atoms with van der Waals surface area (Å²) in [7, 11) is 0. The van der Waals surface area contributed by atoms with Crippen LogP contribution in [-0.4, -0.2) is 33.3 Å². The maximum absolute atomic E-state index is 4.43. The summed E-state index contributed by atoms with van der Waals surface area (Å²) in [6.07, 6.45) is 0. The number of hydrogen-bond acceptors (Lipinski definition) is 4. The van der Waals surface area contributed by atoms with Crippen LogP contribution in [0.25, 0.3) is 5.69 Å². The van der Waals surface area contributed by atoms with Gasteiger partial charge in [-0.3, -0.25) is 0 Å². The standard InChI is InChI=1S/C25H21N5/c1-2-8-16(9-3-1)30-25(26-27-28-30)29-14-21-22(15-29)24-18-11-5-4-10-17(18)23(21)19-12-6-7-13-20(19)24/h1-13,21-24H,14-15H2/t21-,22-,23?,24?/m1/s1. The van der Waals surface area contributed by atoms with E-state index < -0.39 is 0 Å². The Bertz CT molecular complexity index is 1140.